The molecule has 0 aliphatic heterocycles. The first-order chi connectivity index (χ1) is 8.08. The summed E-state index contributed by atoms with van der Waals surface area (Å²) in [7, 11) is 0. The second-order valence-electron chi connectivity index (χ2n) is 3.11. The van der Waals surface area contributed by atoms with E-state index >= 15 is 0 Å². The van der Waals surface area contributed by atoms with E-state index in [4.69, 9.17) is 10.8 Å². The first kappa shape index (κ1) is 10.7. The third-order valence-electron chi connectivity index (χ3n) is 1.96. The van der Waals surface area contributed by atoms with Crippen LogP contribution in [0.25, 0.3) is 5.95 Å². The molecule has 0 atom stereocenters. The van der Waals surface area contributed by atoms with Crippen molar-refractivity contribution in [1.82, 2.24) is 19.7 Å². The highest BCUT2D eigenvalue weighted by Crippen LogP contribution is 2.03. The summed E-state index contributed by atoms with van der Waals surface area (Å²) >= 11 is 0. The number of nitrogens with zero attached hydrogens (tertiary/aromatic N) is 4. The number of amides is 1. The minimum absolute atomic E-state index is 0.0315. The minimum Gasteiger partial charge on any atom is -0.478 e. The summed E-state index contributed by atoms with van der Waals surface area (Å²) in [6.07, 6.45) is 4.93. The fourth-order valence-electron chi connectivity index (χ4n) is 1.11. The molecule has 2 aromatic heterocycles. The Hall–Kier alpha value is -2.77. The van der Waals surface area contributed by atoms with E-state index in [1.54, 1.807) is 0 Å². The average Bonchev–Trinajstić information content (AvgIpc) is 2.78. The van der Waals surface area contributed by atoms with Crippen LogP contribution in [-0.4, -0.2) is 36.7 Å². The zero-order chi connectivity index (χ0) is 12.4. The van der Waals surface area contributed by atoms with Gasteiger partial charge in [-0.05, 0) is 0 Å². The van der Waals surface area contributed by atoms with Crippen LogP contribution in [0, 0.1) is 0 Å². The first-order valence-electron chi connectivity index (χ1n) is 4.48. The van der Waals surface area contributed by atoms with Gasteiger partial charge in [-0.2, -0.15) is 5.10 Å². The molecule has 8 heteroatoms. The van der Waals surface area contributed by atoms with Crippen molar-refractivity contribution in [2.45, 2.75) is 0 Å². The number of nitrogens with two attached hydrogens (primary N) is 1. The molecule has 17 heavy (non-hydrogen) atoms. The normalized spacial score (nSPS) is 10.1. The number of carbonyl (C=O) groups excluding carboxylic acids is 1. The lowest BCUT2D eigenvalue weighted by Gasteiger charge is -1.98. The molecule has 1 amide bonds. The van der Waals surface area contributed by atoms with Crippen LogP contribution in [0.4, 0.5) is 0 Å². The minimum atomic E-state index is -1.12. The molecular formula is C9H7N5O3. The van der Waals surface area contributed by atoms with Gasteiger partial charge < -0.3 is 10.8 Å². The van der Waals surface area contributed by atoms with Gasteiger partial charge in [0, 0.05) is 18.6 Å². The van der Waals surface area contributed by atoms with Gasteiger partial charge in [0.05, 0.1) is 17.3 Å². The lowest BCUT2D eigenvalue weighted by Crippen LogP contribution is -2.10. The molecule has 0 bridgehead atoms. The van der Waals surface area contributed by atoms with Crippen LogP contribution < -0.4 is 5.73 Å². The smallest absolute Gasteiger partial charge is 0.338 e. The van der Waals surface area contributed by atoms with Crippen molar-refractivity contribution in [2.24, 2.45) is 5.73 Å². The third-order valence-corrected chi connectivity index (χ3v) is 1.96. The highest BCUT2D eigenvalue weighted by molar-refractivity contribution is 5.92. The molecule has 0 spiro atoms. The molecule has 3 N–H and O–H groups in total. The van der Waals surface area contributed by atoms with Crippen LogP contribution in [0.2, 0.25) is 0 Å². The summed E-state index contributed by atoms with van der Waals surface area (Å²) < 4.78 is 1.23. The SMILES string of the molecule is NC(=O)c1cnn(-c2ncc(C(=O)O)cn2)c1. The van der Waals surface area contributed by atoms with Crippen LogP contribution in [0.5, 0.6) is 0 Å². The van der Waals surface area contributed by atoms with Gasteiger partial charge in [-0.1, -0.05) is 0 Å². The van der Waals surface area contributed by atoms with Crippen molar-refractivity contribution < 1.29 is 14.7 Å². The van der Waals surface area contributed by atoms with Crippen molar-refractivity contribution in [3.8, 4) is 5.95 Å². The summed E-state index contributed by atoms with van der Waals surface area (Å²) in [6.45, 7) is 0. The molecule has 0 unspecified atom stereocenters. The summed E-state index contributed by atoms with van der Waals surface area (Å²) in [5.74, 6) is -1.57. The van der Waals surface area contributed by atoms with Gasteiger partial charge in [-0.15, -0.1) is 0 Å². The van der Waals surface area contributed by atoms with Crippen molar-refractivity contribution in [1.29, 1.82) is 0 Å². The fraction of sp³-hybridized carbons (Fsp3) is 0. The first-order valence-corrected chi connectivity index (χ1v) is 4.48. The van der Waals surface area contributed by atoms with E-state index < -0.39 is 11.9 Å². The summed E-state index contributed by atoms with van der Waals surface area (Å²) in [6, 6.07) is 0. The van der Waals surface area contributed by atoms with Crippen molar-refractivity contribution >= 4 is 11.9 Å². The second kappa shape index (κ2) is 4.00. The molecule has 86 valence electrons. The van der Waals surface area contributed by atoms with Crippen LogP contribution in [0.1, 0.15) is 20.7 Å². The molecule has 2 heterocycles. The van der Waals surface area contributed by atoms with Crippen LogP contribution in [-0.2, 0) is 0 Å². The van der Waals surface area contributed by atoms with Gasteiger partial charge in [-0.3, -0.25) is 4.79 Å². The van der Waals surface area contributed by atoms with Gasteiger partial charge in [-0.25, -0.2) is 19.4 Å². The Morgan fingerprint density at radius 3 is 2.29 bits per heavy atom. The number of aromatic nitrogens is 4. The summed E-state index contributed by atoms with van der Waals surface area (Å²) in [5.41, 5.74) is 5.25. The predicted molar refractivity (Wildman–Crippen MR) is 54.6 cm³/mol. The molecule has 0 aromatic carbocycles. The van der Waals surface area contributed by atoms with E-state index in [1.165, 1.54) is 17.1 Å². The highest BCUT2D eigenvalue weighted by Gasteiger charge is 2.08. The Morgan fingerprint density at radius 1 is 1.18 bits per heavy atom. The highest BCUT2D eigenvalue weighted by atomic mass is 16.4. The van der Waals surface area contributed by atoms with Gasteiger partial charge in [0.2, 0.25) is 5.95 Å². The number of carbonyl (C=O) groups is 2. The van der Waals surface area contributed by atoms with E-state index in [2.05, 4.69) is 15.1 Å². The van der Waals surface area contributed by atoms with Crippen molar-refractivity contribution in [3.63, 3.8) is 0 Å². The lowest BCUT2D eigenvalue weighted by molar-refractivity contribution is 0.0695. The van der Waals surface area contributed by atoms with E-state index in [1.807, 2.05) is 0 Å². The molecule has 0 aliphatic carbocycles. The van der Waals surface area contributed by atoms with E-state index in [0.717, 1.165) is 12.4 Å². The maximum absolute atomic E-state index is 10.8. The Bertz CT molecular complexity index is 575. The Morgan fingerprint density at radius 2 is 1.82 bits per heavy atom. The van der Waals surface area contributed by atoms with Crippen LogP contribution in [0.15, 0.2) is 24.8 Å². The van der Waals surface area contributed by atoms with E-state index in [9.17, 15) is 9.59 Å². The largest absolute Gasteiger partial charge is 0.478 e. The van der Waals surface area contributed by atoms with Gasteiger partial charge in [0.15, 0.2) is 0 Å². The topological polar surface area (TPSA) is 124 Å². The van der Waals surface area contributed by atoms with Crippen LogP contribution in [0.3, 0.4) is 0 Å². The average molecular weight is 233 g/mol. The molecule has 0 saturated carbocycles. The molecule has 0 fully saturated rings. The Labute approximate surface area is 94.7 Å². The van der Waals surface area contributed by atoms with Crippen molar-refractivity contribution in [3.05, 3.63) is 35.9 Å². The molecule has 0 saturated heterocycles. The Kier molecular flexibility index (Phi) is 2.53. The molecule has 8 nitrogen and oxygen atoms in total. The number of hydrogen-bond donors (Lipinski definition) is 2. The van der Waals surface area contributed by atoms with Crippen LogP contribution >= 0.6 is 0 Å². The predicted octanol–water partition coefficient (Wildman–Crippen LogP) is -0.541. The number of carboxylic acid groups (broad SMARTS) is 1. The van der Waals surface area contributed by atoms with Crippen molar-refractivity contribution in [2.75, 3.05) is 0 Å². The standard InChI is InChI=1S/C9H7N5O3/c10-7(15)6-3-13-14(4-6)9-11-1-5(2-12-9)8(16)17/h1-4H,(H2,10,15)(H,16,17). The number of aromatic carboxylic acids is 1. The summed E-state index contributed by atoms with van der Waals surface area (Å²) in [5, 5.41) is 12.5. The number of primary amides is 1. The monoisotopic (exact) mass is 233 g/mol. The lowest BCUT2D eigenvalue weighted by atomic mass is 10.3. The van der Waals surface area contributed by atoms with Gasteiger partial charge in [0.25, 0.3) is 5.91 Å². The molecule has 2 rings (SSSR count). The maximum Gasteiger partial charge on any atom is 0.338 e. The summed E-state index contributed by atoms with van der Waals surface area (Å²) in [4.78, 5) is 29.0. The van der Waals surface area contributed by atoms with Gasteiger partial charge in [0.1, 0.15) is 0 Å². The van der Waals surface area contributed by atoms with E-state index in [-0.39, 0.29) is 17.1 Å². The Balaban J connectivity index is 2.33. The number of hydrogen-bond acceptors (Lipinski definition) is 5. The number of rotatable bonds is 3. The van der Waals surface area contributed by atoms with Gasteiger partial charge >= 0.3 is 5.97 Å². The third kappa shape index (κ3) is 2.09. The fourth-order valence-corrected chi connectivity index (χ4v) is 1.11. The zero-order valence-corrected chi connectivity index (χ0v) is 8.44. The van der Waals surface area contributed by atoms with E-state index in [0.29, 0.717) is 0 Å². The number of carboxylic acids is 1. The molecular weight excluding hydrogens is 226 g/mol. The molecule has 0 radical (unpaired) electrons. The molecule has 2 aromatic rings. The maximum atomic E-state index is 10.8. The zero-order valence-electron chi connectivity index (χ0n) is 8.44. The quantitative estimate of drug-likeness (QED) is 0.733. The molecule has 0 aliphatic rings. The second-order valence-corrected chi connectivity index (χ2v) is 3.11.